The molecule has 26 heavy (non-hydrogen) atoms. The van der Waals surface area contributed by atoms with E-state index in [1.807, 2.05) is 37.3 Å². The Kier molecular flexibility index (Phi) is 6.99. The first kappa shape index (κ1) is 19.7. The molecule has 2 aromatic rings. The highest BCUT2D eigenvalue weighted by Crippen LogP contribution is 2.17. The zero-order valence-electron chi connectivity index (χ0n) is 14.9. The van der Waals surface area contributed by atoms with Gasteiger partial charge in [0, 0.05) is 25.7 Å². The third-order valence-electron chi connectivity index (χ3n) is 3.63. The lowest BCUT2D eigenvalue weighted by Crippen LogP contribution is -2.36. The average molecular weight is 376 g/mol. The van der Waals surface area contributed by atoms with Crippen molar-refractivity contribution in [3.8, 4) is 5.75 Å². The molecule has 0 amide bonds. The predicted molar refractivity (Wildman–Crippen MR) is 102 cm³/mol. The smallest absolute Gasteiger partial charge is 0.238 e. The number of hydrogen-bond donors (Lipinski definition) is 3. The Hall–Kier alpha value is -2.58. The third kappa shape index (κ3) is 5.75. The van der Waals surface area contributed by atoms with Crippen LogP contribution in [0.15, 0.2) is 58.4 Å². The molecule has 8 heteroatoms. The molecule has 140 valence electrons. The number of aliphatic imine (C=N–C) groups is 1. The van der Waals surface area contributed by atoms with Crippen molar-refractivity contribution in [3.63, 3.8) is 0 Å². The molecule has 0 aromatic heterocycles. The SMILES string of the molecule is CCOc1ccccc1CNC(=NC)NCc1cccc(S(N)(=O)=O)c1. The quantitative estimate of drug-likeness (QED) is 0.503. The normalized spacial score (nSPS) is 11.9. The van der Waals surface area contributed by atoms with Gasteiger partial charge in [0.05, 0.1) is 11.5 Å². The van der Waals surface area contributed by atoms with Crippen LogP contribution in [0.3, 0.4) is 0 Å². The predicted octanol–water partition coefficient (Wildman–Crippen LogP) is 1.60. The maximum Gasteiger partial charge on any atom is 0.238 e. The molecule has 0 saturated heterocycles. The van der Waals surface area contributed by atoms with Crippen molar-refractivity contribution >= 4 is 16.0 Å². The van der Waals surface area contributed by atoms with E-state index < -0.39 is 10.0 Å². The maximum absolute atomic E-state index is 11.4. The molecule has 2 rings (SSSR count). The second-order valence-corrected chi connectivity index (χ2v) is 7.07. The summed E-state index contributed by atoms with van der Waals surface area (Å²) in [6.45, 7) is 3.51. The van der Waals surface area contributed by atoms with Crippen LogP contribution in [0, 0.1) is 0 Å². The van der Waals surface area contributed by atoms with Gasteiger partial charge < -0.3 is 15.4 Å². The monoisotopic (exact) mass is 376 g/mol. The number of benzene rings is 2. The van der Waals surface area contributed by atoms with Crippen LogP contribution in [0.5, 0.6) is 5.75 Å². The fraction of sp³-hybridized carbons (Fsp3) is 0.278. The molecule has 0 heterocycles. The van der Waals surface area contributed by atoms with E-state index in [0.717, 1.165) is 16.9 Å². The number of para-hydroxylation sites is 1. The number of rotatable bonds is 7. The van der Waals surface area contributed by atoms with Crippen molar-refractivity contribution in [2.45, 2.75) is 24.9 Å². The fourth-order valence-electron chi connectivity index (χ4n) is 2.36. The van der Waals surface area contributed by atoms with Gasteiger partial charge in [-0.2, -0.15) is 0 Å². The molecular weight excluding hydrogens is 352 g/mol. The van der Waals surface area contributed by atoms with Crippen LogP contribution in [0.1, 0.15) is 18.1 Å². The summed E-state index contributed by atoms with van der Waals surface area (Å²) in [5, 5.41) is 11.5. The minimum atomic E-state index is -3.71. The number of nitrogens with one attached hydrogen (secondary N) is 2. The molecular formula is C18H24N4O3S. The summed E-state index contributed by atoms with van der Waals surface area (Å²) in [6, 6.07) is 14.3. The Balaban J connectivity index is 1.97. The summed E-state index contributed by atoms with van der Waals surface area (Å²) < 4.78 is 28.5. The molecule has 0 bridgehead atoms. The molecule has 0 aliphatic rings. The van der Waals surface area contributed by atoms with Crippen molar-refractivity contribution < 1.29 is 13.2 Å². The van der Waals surface area contributed by atoms with Crippen LogP contribution in [-0.2, 0) is 23.1 Å². The van der Waals surface area contributed by atoms with Crippen LogP contribution >= 0.6 is 0 Å². The Morgan fingerprint density at radius 2 is 1.85 bits per heavy atom. The van der Waals surface area contributed by atoms with Crippen molar-refractivity contribution in [3.05, 3.63) is 59.7 Å². The maximum atomic E-state index is 11.4. The van der Waals surface area contributed by atoms with Crippen molar-refractivity contribution in [2.24, 2.45) is 10.1 Å². The molecule has 0 spiro atoms. The van der Waals surface area contributed by atoms with Gasteiger partial charge in [-0.1, -0.05) is 30.3 Å². The zero-order valence-corrected chi connectivity index (χ0v) is 15.7. The van der Waals surface area contributed by atoms with Gasteiger partial charge in [-0.3, -0.25) is 4.99 Å². The molecule has 0 radical (unpaired) electrons. The third-order valence-corrected chi connectivity index (χ3v) is 4.54. The Morgan fingerprint density at radius 1 is 1.12 bits per heavy atom. The van der Waals surface area contributed by atoms with Crippen LogP contribution in [0.4, 0.5) is 0 Å². The van der Waals surface area contributed by atoms with Crippen LogP contribution in [0.25, 0.3) is 0 Å². The molecule has 4 N–H and O–H groups in total. The minimum absolute atomic E-state index is 0.0883. The zero-order chi connectivity index (χ0) is 19.0. The molecule has 7 nitrogen and oxygen atoms in total. The molecule has 0 atom stereocenters. The van der Waals surface area contributed by atoms with Gasteiger partial charge in [0.1, 0.15) is 5.75 Å². The number of nitrogens with zero attached hydrogens (tertiary/aromatic N) is 1. The second kappa shape index (κ2) is 9.21. The van der Waals surface area contributed by atoms with E-state index in [4.69, 9.17) is 9.88 Å². The number of ether oxygens (including phenoxy) is 1. The van der Waals surface area contributed by atoms with E-state index in [-0.39, 0.29) is 4.90 Å². The first-order valence-corrected chi connectivity index (χ1v) is 9.75. The lowest BCUT2D eigenvalue weighted by molar-refractivity contribution is 0.336. The first-order valence-electron chi connectivity index (χ1n) is 8.21. The van der Waals surface area contributed by atoms with E-state index in [1.165, 1.54) is 6.07 Å². The number of sulfonamides is 1. The lowest BCUT2D eigenvalue weighted by atomic mass is 10.2. The van der Waals surface area contributed by atoms with E-state index in [9.17, 15) is 8.42 Å². The van der Waals surface area contributed by atoms with E-state index in [1.54, 1.807) is 19.2 Å². The summed E-state index contributed by atoms with van der Waals surface area (Å²) in [6.07, 6.45) is 0. The molecule has 2 aromatic carbocycles. The largest absolute Gasteiger partial charge is 0.494 e. The average Bonchev–Trinajstić information content (AvgIpc) is 2.63. The van der Waals surface area contributed by atoms with Crippen molar-refractivity contribution in [1.82, 2.24) is 10.6 Å². The Bertz CT molecular complexity index is 866. The summed E-state index contributed by atoms with van der Waals surface area (Å²) in [5.41, 5.74) is 1.81. The summed E-state index contributed by atoms with van der Waals surface area (Å²) >= 11 is 0. The molecule has 0 fully saturated rings. The topological polar surface area (TPSA) is 106 Å². The minimum Gasteiger partial charge on any atom is -0.494 e. The van der Waals surface area contributed by atoms with Gasteiger partial charge in [-0.05, 0) is 30.7 Å². The molecule has 0 unspecified atom stereocenters. The van der Waals surface area contributed by atoms with Crippen LogP contribution in [-0.4, -0.2) is 28.0 Å². The van der Waals surface area contributed by atoms with Gasteiger partial charge in [0.2, 0.25) is 10.0 Å². The first-order chi connectivity index (χ1) is 12.4. The van der Waals surface area contributed by atoms with Gasteiger partial charge in [-0.25, -0.2) is 13.6 Å². The Labute approximate surface area is 154 Å². The lowest BCUT2D eigenvalue weighted by Gasteiger charge is -2.14. The van der Waals surface area contributed by atoms with E-state index in [0.29, 0.717) is 25.7 Å². The van der Waals surface area contributed by atoms with Gasteiger partial charge in [-0.15, -0.1) is 0 Å². The number of guanidine groups is 1. The summed E-state index contributed by atoms with van der Waals surface area (Å²) in [7, 11) is -2.04. The molecule has 0 aliphatic carbocycles. The summed E-state index contributed by atoms with van der Waals surface area (Å²) in [5.74, 6) is 1.43. The van der Waals surface area contributed by atoms with Gasteiger partial charge in [0.25, 0.3) is 0 Å². The fourth-order valence-corrected chi connectivity index (χ4v) is 2.95. The molecule has 0 aliphatic heterocycles. The summed E-state index contributed by atoms with van der Waals surface area (Å²) in [4.78, 5) is 4.26. The van der Waals surface area contributed by atoms with Crippen LogP contribution < -0.4 is 20.5 Å². The van der Waals surface area contributed by atoms with E-state index in [2.05, 4.69) is 15.6 Å². The molecule has 0 saturated carbocycles. The van der Waals surface area contributed by atoms with Gasteiger partial charge >= 0.3 is 0 Å². The number of hydrogen-bond acceptors (Lipinski definition) is 4. The van der Waals surface area contributed by atoms with Crippen molar-refractivity contribution in [2.75, 3.05) is 13.7 Å². The van der Waals surface area contributed by atoms with Gasteiger partial charge in [0.15, 0.2) is 5.96 Å². The number of nitrogens with two attached hydrogens (primary N) is 1. The number of primary sulfonamides is 1. The highest BCUT2D eigenvalue weighted by Gasteiger charge is 2.08. The highest BCUT2D eigenvalue weighted by atomic mass is 32.2. The Morgan fingerprint density at radius 3 is 2.54 bits per heavy atom. The van der Waals surface area contributed by atoms with Crippen molar-refractivity contribution in [1.29, 1.82) is 0 Å². The standard InChI is InChI=1S/C18H24N4O3S/c1-3-25-17-10-5-4-8-15(17)13-22-18(20-2)21-12-14-7-6-9-16(11-14)26(19,23)24/h4-11H,3,12-13H2,1-2H3,(H2,19,23,24)(H2,20,21,22). The second-order valence-electron chi connectivity index (χ2n) is 5.51. The highest BCUT2D eigenvalue weighted by molar-refractivity contribution is 7.89. The van der Waals surface area contributed by atoms with Crippen LogP contribution in [0.2, 0.25) is 0 Å². The van der Waals surface area contributed by atoms with E-state index >= 15 is 0 Å².